The van der Waals surface area contributed by atoms with E-state index >= 15 is 0 Å². The van der Waals surface area contributed by atoms with E-state index in [1.165, 1.54) is 0 Å². The molecule has 312 valence electrons. The molecule has 0 aliphatic carbocycles. The Morgan fingerprint density at radius 1 is 0.649 bits per heavy atom. The smallest absolute Gasteiger partial charge is 0.352 e. The van der Waals surface area contributed by atoms with E-state index < -0.39 is 17.8 Å². The molecule has 0 spiro atoms. The molecular weight excluding hydrogens is 1080 g/mol. The summed E-state index contributed by atoms with van der Waals surface area (Å²) >= 11 is 6.47. The number of aldehydes is 1. The second kappa shape index (κ2) is 30.9. The van der Waals surface area contributed by atoms with Crippen molar-refractivity contribution in [3.05, 3.63) is 100 Å². The molecule has 18 heteroatoms. The van der Waals surface area contributed by atoms with Crippen molar-refractivity contribution in [3.63, 3.8) is 0 Å². The largest absolute Gasteiger partial charge is 0.363 e. The maximum absolute atomic E-state index is 11.8. The number of imide groups is 1. The number of benzene rings is 3. The molecule has 3 aromatic carbocycles. The van der Waals surface area contributed by atoms with E-state index in [4.69, 9.17) is 29.5 Å². The fraction of sp³-hybridized carbons (Fsp3) is 0.385. The van der Waals surface area contributed by atoms with Crippen LogP contribution in [0.4, 0.5) is 0 Å². The van der Waals surface area contributed by atoms with Gasteiger partial charge in [0.25, 0.3) is 23.6 Å². The van der Waals surface area contributed by atoms with Crippen LogP contribution in [0, 0.1) is 10.7 Å². The van der Waals surface area contributed by atoms with Crippen molar-refractivity contribution in [2.45, 2.75) is 53.1 Å². The third-order valence-corrected chi connectivity index (χ3v) is 9.01. The molecule has 0 atom stereocenters. The molecule has 57 heavy (non-hydrogen) atoms. The van der Waals surface area contributed by atoms with Gasteiger partial charge in [-0.15, -0.1) is 5.06 Å². The van der Waals surface area contributed by atoms with E-state index in [9.17, 15) is 28.8 Å². The molecule has 1 heterocycles. The fourth-order valence-corrected chi connectivity index (χ4v) is 5.27. The van der Waals surface area contributed by atoms with Gasteiger partial charge in [0.15, 0.2) is 12.6 Å². The first-order valence-corrected chi connectivity index (χ1v) is 21.1. The van der Waals surface area contributed by atoms with Gasteiger partial charge < -0.3 is 44.9 Å². The van der Waals surface area contributed by atoms with E-state index in [1.807, 2.05) is 52.0 Å². The van der Waals surface area contributed by atoms with Crippen molar-refractivity contribution in [1.29, 1.82) is 0 Å². The number of rotatable bonds is 17. The molecule has 1 fully saturated rings. The number of ether oxygens (including phenoxy) is 4. The number of nitrogens with zero attached hydrogens (tertiary/aromatic N) is 1. The zero-order chi connectivity index (χ0) is 42.6. The van der Waals surface area contributed by atoms with Crippen molar-refractivity contribution in [2.24, 2.45) is 5.73 Å². The summed E-state index contributed by atoms with van der Waals surface area (Å²) in [6, 6.07) is 21.2. The normalized spacial score (nSPS) is 11.7. The first kappa shape index (κ1) is 51.9. The van der Waals surface area contributed by atoms with Gasteiger partial charge in [0.1, 0.15) is 6.29 Å². The Bertz CT molecular complexity index is 1640. The first-order valence-electron chi connectivity index (χ1n) is 17.8. The summed E-state index contributed by atoms with van der Waals surface area (Å²) in [6.45, 7) is 10.9. The summed E-state index contributed by atoms with van der Waals surface area (Å²) in [5, 5.41) is 5.80. The standard InChI is InChI=1S/C13H18INO3.C11H8INO4.C9H8INO2.C6H15NO2/c1-3-17-12(18-4-2)9-15-13(16)10-5-7-11(14)8-6-10;12-8-3-1-7(2-4-8)11(16)17-13-9(14)5-6-10(13)15;10-8-3-1-7(2-4-8)9(13)11-5-6-12;1-3-8-6(5-7)9-4-2/h5-8,12H,3-4,9H2,1-2H3,(H,15,16);1-4H,5-6H2;1-4,6H,5H2,(H,11,13);6H,3-5,7H2,1-2H3. The van der Waals surface area contributed by atoms with Gasteiger partial charge in [-0.1, -0.05) is 0 Å². The second-order valence-corrected chi connectivity index (χ2v) is 14.7. The highest BCUT2D eigenvalue weighted by Crippen LogP contribution is 2.15. The van der Waals surface area contributed by atoms with Gasteiger partial charge in [-0.2, -0.15) is 0 Å². The number of carbonyl (C=O) groups excluding carboxylic acids is 6. The number of carbonyl (C=O) groups is 6. The summed E-state index contributed by atoms with van der Waals surface area (Å²) < 4.78 is 24.0. The Hall–Kier alpha value is -3.13. The van der Waals surface area contributed by atoms with Crippen LogP contribution in [-0.4, -0.2) is 99.6 Å². The lowest BCUT2D eigenvalue weighted by Gasteiger charge is -2.17. The first-order chi connectivity index (χ1) is 27.3. The predicted octanol–water partition coefficient (Wildman–Crippen LogP) is 5.50. The Morgan fingerprint density at radius 3 is 1.39 bits per heavy atom. The number of amides is 4. The lowest BCUT2D eigenvalue weighted by molar-refractivity contribution is -0.172. The molecule has 3 aromatic rings. The van der Waals surface area contributed by atoms with E-state index in [2.05, 4.69) is 78.4 Å². The average Bonchev–Trinajstić information content (AvgIpc) is 3.52. The number of hydrogen-bond acceptors (Lipinski definition) is 12. The topological polar surface area (TPSA) is 202 Å². The molecule has 4 N–H and O–H groups in total. The molecule has 0 unspecified atom stereocenters. The van der Waals surface area contributed by atoms with Crippen molar-refractivity contribution >= 4 is 104 Å². The SMILES string of the molecule is CCOC(CN)OCC.CCOC(CNC(=O)c1ccc(I)cc1)OCC.O=C(ON1C(=O)CCC1=O)c1ccc(I)cc1.O=CCNC(=O)c1ccc(I)cc1. The molecule has 0 saturated carbocycles. The third-order valence-electron chi connectivity index (χ3n) is 6.85. The molecule has 0 bridgehead atoms. The van der Waals surface area contributed by atoms with Gasteiger partial charge in [-0.05, 0) is 168 Å². The number of nitrogens with two attached hydrogens (primary N) is 1. The van der Waals surface area contributed by atoms with Crippen molar-refractivity contribution in [1.82, 2.24) is 15.7 Å². The minimum absolute atomic E-state index is 0.0603. The number of halogens is 3. The highest BCUT2D eigenvalue weighted by atomic mass is 127. The minimum atomic E-state index is -0.704. The Balaban J connectivity index is 0.000000391. The highest BCUT2D eigenvalue weighted by molar-refractivity contribution is 14.1. The van der Waals surface area contributed by atoms with Gasteiger partial charge in [0, 0.05) is 67.7 Å². The van der Waals surface area contributed by atoms with Crippen LogP contribution in [0.25, 0.3) is 0 Å². The third kappa shape index (κ3) is 22.0. The Morgan fingerprint density at radius 2 is 1.02 bits per heavy atom. The van der Waals surface area contributed by atoms with Crippen molar-refractivity contribution < 1.29 is 52.6 Å². The van der Waals surface area contributed by atoms with Crippen LogP contribution in [0.15, 0.2) is 72.8 Å². The van der Waals surface area contributed by atoms with Gasteiger partial charge in [0.2, 0.25) is 0 Å². The predicted molar refractivity (Wildman–Crippen MR) is 238 cm³/mol. The van der Waals surface area contributed by atoms with Gasteiger partial charge >= 0.3 is 5.97 Å². The minimum Gasteiger partial charge on any atom is -0.352 e. The summed E-state index contributed by atoms with van der Waals surface area (Å²) in [5.41, 5.74) is 6.81. The lowest BCUT2D eigenvalue weighted by Crippen LogP contribution is -2.35. The summed E-state index contributed by atoms with van der Waals surface area (Å²) in [5.74, 6) is -1.99. The maximum Gasteiger partial charge on any atom is 0.363 e. The number of nitrogens with one attached hydrogen (secondary N) is 2. The van der Waals surface area contributed by atoms with Crippen LogP contribution in [0.5, 0.6) is 0 Å². The molecule has 4 rings (SSSR count). The molecule has 1 saturated heterocycles. The van der Waals surface area contributed by atoms with Gasteiger partial charge in [-0.25, -0.2) is 4.79 Å². The zero-order valence-corrected chi connectivity index (χ0v) is 38.6. The molecule has 0 radical (unpaired) electrons. The lowest BCUT2D eigenvalue weighted by atomic mass is 10.2. The molecule has 0 aromatic heterocycles. The average molecular weight is 1130 g/mol. The molecule has 1 aliphatic rings. The van der Waals surface area contributed by atoms with E-state index in [0.29, 0.717) is 67.6 Å². The Labute approximate surface area is 374 Å². The number of hydrogen-bond donors (Lipinski definition) is 3. The van der Waals surface area contributed by atoms with Crippen molar-refractivity contribution in [3.8, 4) is 0 Å². The maximum atomic E-state index is 11.8. The van der Waals surface area contributed by atoms with E-state index in [1.54, 1.807) is 48.5 Å². The van der Waals surface area contributed by atoms with Crippen LogP contribution in [0.3, 0.4) is 0 Å². The monoisotopic (exact) mass is 1130 g/mol. The van der Waals surface area contributed by atoms with E-state index in [-0.39, 0.29) is 43.8 Å². The molecule has 1 aliphatic heterocycles. The van der Waals surface area contributed by atoms with Gasteiger partial charge in [-0.3, -0.25) is 19.2 Å². The van der Waals surface area contributed by atoms with Gasteiger partial charge in [0.05, 0.1) is 18.7 Å². The summed E-state index contributed by atoms with van der Waals surface area (Å²) in [6.07, 6.45) is 0.259. The molecule has 4 amide bonds. The van der Waals surface area contributed by atoms with Crippen LogP contribution in [-0.2, 0) is 38.2 Å². The van der Waals surface area contributed by atoms with Crippen molar-refractivity contribution in [2.75, 3.05) is 46.1 Å². The van der Waals surface area contributed by atoms with Crippen LogP contribution >= 0.6 is 67.8 Å². The zero-order valence-electron chi connectivity index (χ0n) is 32.2. The number of hydroxylamine groups is 2. The van der Waals surface area contributed by atoms with Crippen LogP contribution in [0.2, 0.25) is 0 Å². The highest BCUT2D eigenvalue weighted by Gasteiger charge is 2.33. The molecular formula is C39H49I3N4O11. The fourth-order valence-electron chi connectivity index (χ4n) is 4.19. The molecule has 15 nitrogen and oxygen atoms in total. The summed E-state index contributed by atoms with van der Waals surface area (Å²) in [7, 11) is 0. The quantitative estimate of drug-likeness (QED) is 0.0665. The van der Waals surface area contributed by atoms with Crippen LogP contribution in [0.1, 0.15) is 71.6 Å². The second-order valence-electron chi connectivity index (χ2n) is 11.0. The Kier molecular flexibility index (Phi) is 28.1. The van der Waals surface area contributed by atoms with Crippen LogP contribution < -0.4 is 16.4 Å². The summed E-state index contributed by atoms with van der Waals surface area (Å²) in [4.78, 5) is 71.9. The van der Waals surface area contributed by atoms with E-state index in [0.717, 1.165) is 10.7 Å².